The highest BCUT2D eigenvalue weighted by Gasteiger charge is 2.28. The molecular formula is C23H26N4O2. The van der Waals surface area contributed by atoms with Gasteiger partial charge in [0.25, 0.3) is 11.5 Å². The van der Waals surface area contributed by atoms with Crippen molar-refractivity contribution in [1.29, 1.82) is 0 Å². The first kappa shape index (κ1) is 19.3. The van der Waals surface area contributed by atoms with Crippen LogP contribution in [0.5, 0.6) is 0 Å². The lowest BCUT2D eigenvalue weighted by molar-refractivity contribution is 0.0548. The first-order valence-electron chi connectivity index (χ1n) is 9.95. The van der Waals surface area contributed by atoms with Crippen LogP contribution in [-0.4, -0.2) is 58.0 Å². The standard InChI is InChI=1S/C23H26N4O2/c1-16-24-21-10-9-18(14-20(21)23(29)26(16)3)22(28)27-12-11-25(2)19(15-27)13-17-7-5-4-6-8-17/h4-10,14,19H,11-13,15H2,1-3H3. The van der Waals surface area contributed by atoms with Gasteiger partial charge >= 0.3 is 0 Å². The molecule has 0 bridgehead atoms. The number of hydrogen-bond acceptors (Lipinski definition) is 4. The van der Waals surface area contributed by atoms with E-state index in [0.717, 1.165) is 13.0 Å². The molecular weight excluding hydrogens is 364 g/mol. The molecule has 1 aliphatic heterocycles. The summed E-state index contributed by atoms with van der Waals surface area (Å²) in [6.07, 6.45) is 0.905. The van der Waals surface area contributed by atoms with Gasteiger partial charge in [0, 0.05) is 38.3 Å². The summed E-state index contributed by atoms with van der Waals surface area (Å²) < 4.78 is 1.52. The number of fused-ring (bicyclic) bond motifs is 1. The average Bonchev–Trinajstić information content (AvgIpc) is 2.74. The Morgan fingerprint density at radius 2 is 1.86 bits per heavy atom. The molecule has 150 valence electrons. The van der Waals surface area contributed by atoms with Crippen LogP contribution in [0.3, 0.4) is 0 Å². The van der Waals surface area contributed by atoms with Crippen LogP contribution in [0, 0.1) is 6.92 Å². The first-order chi connectivity index (χ1) is 13.9. The van der Waals surface area contributed by atoms with Gasteiger partial charge in [-0.15, -0.1) is 0 Å². The van der Waals surface area contributed by atoms with E-state index >= 15 is 0 Å². The summed E-state index contributed by atoms with van der Waals surface area (Å²) in [5.41, 5.74) is 2.32. The van der Waals surface area contributed by atoms with Crippen molar-refractivity contribution in [3.63, 3.8) is 0 Å². The van der Waals surface area contributed by atoms with Gasteiger partial charge in [-0.25, -0.2) is 4.98 Å². The molecule has 4 rings (SSSR count). The van der Waals surface area contributed by atoms with Crippen LogP contribution in [0.4, 0.5) is 0 Å². The molecule has 6 heteroatoms. The van der Waals surface area contributed by atoms with E-state index in [-0.39, 0.29) is 17.5 Å². The van der Waals surface area contributed by atoms with Gasteiger partial charge in [0.05, 0.1) is 10.9 Å². The zero-order chi connectivity index (χ0) is 20.5. The van der Waals surface area contributed by atoms with Crippen molar-refractivity contribution in [3.8, 4) is 0 Å². The number of amides is 1. The van der Waals surface area contributed by atoms with Gasteiger partial charge in [0.1, 0.15) is 5.82 Å². The summed E-state index contributed by atoms with van der Waals surface area (Å²) in [5.74, 6) is 0.630. The molecule has 1 saturated heterocycles. The Morgan fingerprint density at radius 1 is 1.10 bits per heavy atom. The lowest BCUT2D eigenvalue weighted by Crippen LogP contribution is -2.54. The molecule has 1 aromatic heterocycles. The van der Waals surface area contributed by atoms with Gasteiger partial charge in [-0.3, -0.25) is 19.1 Å². The monoisotopic (exact) mass is 390 g/mol. The third-order valence-corrected chi connectivity index (χ3v) is 5.92. The van der Waals surface area contributed by atoms with Crippen molar-refractivity contribution >= 4 is 16.8 Å². The third-order valence-electron chi connectivity index (χ3n) is 5.92. The number of aryl methyl sites for hydroxylation is 1. The molecule has 29 heavy (non-hydrogen) atoms. The highest BCUT2D eigenvalue weighted by molar-refractivity contribution is 5.97. The van der Waals surface area contributed by atoms with Crippen molar-refractivity contribution in [2.24, 2.45) is 7.05 Å². The van der Waals surface area contributed by atoms with Crippen molar-refractivity contribution in [2.45, 2.75) is 19.4 Å². The fourth-order valence-corrected chi connectivity index (χ4v) is 3.93. The lowest BCUT2D eigenvalue weighted by Gasteiger charge is -2.39. The Kier molecular flexibility index (Phi) is 5.20. The summed E-state index contributed by atoms with van der Waals surface area (Å²) >= 11 is 0. The quantitative estimate of drug-likeness (QED) is 0.688. The Bertz CT molecular complexity index is 1110. The van der Waals surface area contributed by atoms with Crippen LogP contribution in [0.2, 0.25) is 0 Å². The molecule has 1 fully saturated rings. The number of rotatable bonds is 3. The smallest absolute Gasteiger partial charge is 0.261 e. The maximum Gasteiger partial charge on any atom is 0.261 e. The number of aromatic nitrogens is 2. The van der Waals surface area contributed by atoms with Crippen LogP contribution in [-0.2, 0) is 13.5 Å². The maximum atomic E-state index is 13.2. The number of carbonyl (C=O) groups excluding carboxylic acids is 1. The summed E-state index contributed by atoms with van der Waals surface area (Å²) in [6, 6.07) is 15.9. The number of carbonyl (C=O) groups is 1. The van der Waals surface area contributed by atoms with Crippen molar-refractivity contribution in [3.05, 3.63) is 75.8 Å². The van der Waals surface area contributed by atoms with Crippen LogP contribution in [0.1, 0.15) is 21.7 Å². The topological polar surface area (TPSA) is 58.4 Å². The lowest BCUT2D eigenvalue weighted by atomic mass is 10.0. The Labute approximate surface area is 170 Å². The number of benzene rings is 2. The highest BCUT2D eigenvalue weighted by Crippen LogP contribution is 2.18. The van der Waals surface area contributed by atoms with E-state index in [0.29, 0.717) is 35.4 Å². The number of nitrogens with zero attached hydrogens (tertiary/aromatic N) is 4. The van der Waals surface area contributed by atoms with Gasteiger partial charge < -0.3 is 4.90 Å². The Hall–Kier alpha value is -2.99. The molecule has 1 unspecified atom stereocenters. The zero-order valence-corrected chi connectivity index (χ0v) is 17.1. The predicted octanol–water partition coefficient (Wildman–Crippen LogP) is 2.24. The van der Waals surface area contributed by atoms with Crippen LogP contribution in [0.25, 0.3) is 10.9 Å². The molecule has 2 heterocycles. The molecule has 0 N–H and O–H groups in total. The summed E-state index contributed by atoms with van der Waals surface area (Å²) in [5, 5.41) is 0.485. The fraction of sp³-hybridized carbons (Fsp3) is 0.348. The molecule has 0 spiro atoms. The minimum atomic E-state index is -0.123. The predicted molar refractivity (Wildman–Crippen MR) is 114 cm³/mol. The third kappa shape index (κ3) is 3.80. The number of hydrogen-bond donors (Lipinski definition) is 0. The zero-order valence-electron chi connectivity index (χ0n) is 17.1. The summed E-state index contributed by atoms with van der Waals surface area (Å²) in [7, 11) is 3.82. The van der Waals surface area contributed by atoms with Gasteiger partial charge in [0.2, 0.25) is 0 Å². The normalized spacial score (nSPS) is 17.6. The second-order valence-electron chi connectivity index (χ2n) is 7.83. The van der Waals surface area contributed by atoms with E-state index in [1.54, 1.807) is 32.2 Å². The highest BCUT2D eigenvalue weighted by atomic mass is 16.2. The summed E-state index contributed by atoms with van der Waals surface area (Å²) in [6.45, 7) is 3.99. The van der Waals surface area contributed by atoms with Crippen LogP contribution in [0.15, 0.2) is 53.3 Å². The largest absolute Gasteiger partial charge is 0.336 e. The van der Waals surface area contributed by atoms with Crippen LogP contribution < -0.4 is 5.56 Å². The molecule has 2 aromatic carbocycles. The molecule has 3 aromatic rings. The van der Waals surface area contributed by atoms with E-state index < -0.39 is 0 Å². The average molecular weight is 390 g/mol. The first-order valence-corrected chi connectivity index (χ1v) is 9.95. The minimum Gasteiger partial charge on any atom is -0.336 e. The Balaban J connectivity index is 1.58. The van der Waals surface area contributed by atoms with Crippen LogP contribution >= 0.6 is 0 Å². The minimum absolute atomic E-state index is 0.0271. The van der Waals surface area contributed by atoms with Gasteiger partial charge in [-0.05, 0) is 44.2 Å². The molecule has 1 aliphatic rings. The van der Waals surface area contributed by atoms with Gasteiger partial charge in [-0.1, -0.05) is 30.3 Å². The van der Waals surface area contributed by atoms with E-state index in [1.807, 2.05) is 23.1 Å². The molecule has 0 aliphatic carbocycles. The molecule has 0 saturated carbocycles. The van der Waals surface area contributed by atoms with E-state index in [1.165, 1.54) is 10.1 Å². The van der Waals surface area contributed by atoms with Gasteiger partial charge in [-0.2, -0.15) is 0 Å². The fourth-order valence-electron chi connectivity index (χ4n) is 3.93. The molecule has 0 radical (unpaired) electrons. The van der Waals surface area contributed by atoms with Crippen molar-refractivity contribution in [1.82, 2.24) is 19.4 Å². The second kappa shape index (κ2) is 7.79. The van der Waals surface area contributed by atoms with E-state index in [4.69, 9.17) is 0 Å². The second-order valence-corrected chi connectivity index (χ2v) is 7.83. The SMILES string of the molecule is Cc1nc2ccc(C(=O)N3CCN(C)C(Cc4ccccc4)C3)cc2c(=O)n1C. The maximum absolute atomic E-state index is 13.2. The van der Waals surface area contributed by atoms with E-state index in [2.05, 4.69) is 29.1 Å². The van der Waals surface area contributed by atoms with E-state index in [9.17, 15) is 9.59 Å². The van der Waals surface area contributed by atoms with Crippen molar-refractivity contribution < 1.29 is 4.79 Å². The van der Waals surface area contributed by atoms with Gasteiger partial charge in [0.15, 0.2) is 0 Å². The number of likely N-dealkylation sites (N-methyl/N-ethyl adjacent to an activating group) is 1. The molecule has 1 atom stereocenters. The Morgan fingerprint density at radius 3 is 2.62 bits per heavy atom. The molecule has 1 amide bonds. The summed E-state index contributed by atoms with van der Waals surface area (Å²) in [4.78, 5) is 34.5. The molecule has 6 nitrogen and oxygen atoms in total. The van der Waals surface area contributed by atoms with Crippen molar-refractivity contribution in [2.75, 3.05) is 26.7 Å². The number of piperazine rings is 1.